The number of benzene rings is 3. The molecule has 0 fully saturated rings. The van der Waals surface area contributed by atoms with E-state index in [0.29, 0.717) is 15.5 Å². The molecular weight excluding hydrogens is 544 g/mol. The van der Waals surface area contributed by atoms with E-state index in [2.05, 4.69) is 21.0 Å². The molecule has 36 heavy (non-hydrogen) atoms. The summed E-state index contributed by atoms with van der Waals surface area (Å²) in [4.78, 5) is 26.9. The van der Waals surface area contributed by atoms with Gasteiger partial charge in [0.1, 0.15) is 5.92 Å². The van der Waals surface area contributed by atoms with Crippen molar-refractivity contribution in [3.8, 4) is 0 Å². The van der Waals surface area contributed by atoms with Crippen molar-refractivity contribution in [2.45, 2.75) is 31.1 Å². The van der Waals surface area contributed by atoms with Gasteiger partial charge in [-0.2, -0.15) is 13.5 Å². The number of hydrazone groups is 1. The topological polar surface area (TPSA) is 93.1 Å². The van der Waals surface area contributed by atoms with Gasteiger partial charge in [-0.05, 0) is 49.2 Å². The number of ether oxygens (including phenoxy) is 1. The highest BCUT2D eigenvalue weighted by Gasteiger charge is 2.44. The Morgan fingerprint density at radius 3 is 2.39 bits per heavy atom. The Labute approximate surface area is 219 Å². The number of esters is 1. The van der Waals surface area contributed by atoms with Crippen molar-refractivity contribution >= 4 is 43.5 Å². The molecular formula is C27H25BrN2O5S. The lowest BCUT2D eigenvalue weighted by Crippen LogP contribution is -2.32. The third kappa shape index (κ3) is 5.27. The fourth-order valence-corrected chi connectivity index (χ4v) is 5.82. The molecule has 0 aliphatic carbocycles. The van der Waals surface area contributed by atoms with Gasteiger partial charge in [0.2, 0.25) is 0 Å². The monoisotopic (exact) mass is 568 g/mol. The standard InChI is InChI=1S/C27H25BrN2O5S/c1-3-35-27(32)25-23(20-10-7-11-21(28)16-20)17-24(31)30(29-26(25)19-8-5-4-6-9-19)36(33,34)22-14-12-18(2)13-15-22/h4-16,23,25H,3,17H2,1-2H3/t23-,25-/m1/s1. The van der Waals surface area contributed by atoms with Crippen molar-refractivity contribution in [2.75, 3.05) is 6.61 Å². The lowest BCUT2D eigenvalue weighted by Gasteiger charge is -2.24. The molecule has 9 heteroatoms. The molecule has 0 radical (unpaired) electrons. The summed E-state index contributed by atoms with van der Waals surface area (Å²) in [5, 5.41) is 4.38. The van der Waals surface area contributed by atoms with Gasteiger partial charge in [-0.25, -0.2) is 0 Å². The lowest BCUT2D eigenvalue weighted by molar-refractivity contribution is -0.146. The molecule has 0 saturated heterocycles. The minimum atomic E-state index is -4.33. The van der Waals surface area contributed by atoms with Gasteiger partial charge in [-0.15, -0.1) is 4.41 Å². The summed E-state index contributed by atoms with van der Waals surface area (Å²) < 4.78 is 33.9. The number of aryl methyl sites for hydroxylation is 1. The zero-order chi connectivity index (χ0) is 25.9. The van der Waals surface area contributed by atoms with Gasteiger partial charge >= 0.3 is 5.97 Å². The van der Waals surface area contributed by atoms with Gasteiger partial charge in [-0.3, -0.25) is 9.59 Å². The average Bonchev–Trinajstić information content (AvgIpc) is 3.02. The third-order valence-corrected chi connectivity index (χ3v) is 8.04. The molecule has 2 atom stereocenters. The number of amides is 1. The van der Waals surface area contributed by atoms with Gasteiger partial charge in [0.15, 0.2) is 0 Å². The zero-order valence-electron chi connectivity index (χ0n) is 19.8. The number of carbonyl (C=O) groups excluding carboxylic acids is 2. The van der Waals surface area contributed by atoms with Crippen LogP contribution in [0.2, 0.25) is 0 Å². The Morgan fingerprint density at radius 1 is 1.06 bits per heavy atom. The van der Waals surface area contributed by atoms with Gasteiger partial charge in [0, 0.05) is 16.8 Å². The maximum absolute atomic E-state index is 13.6. The first-order chi connectivity index (χ1) is 17.2. The zero-order valence-corrected chi connectivity index (χ0v) is 22.2. The van der Waals surface area contributed by atoms with E-state index in [1.165, 1.54) is 12.1 Å². The predicted molar refractivity (Wildman–Crippen MR) is 140 cm³/mol. The minimum Gasteiger partial charge on any atom is -0.465 e. The van der Waals surface area contributed by atoms with Crippen LogP contribution in [0.15, 0.2) is 93.3 Å². The van der Waals surface area contributed by atoms with E-state index in [-0.39, 0.29) is 23.6 Å². The van der Waals surface area contributed by atoms with Gasteiger partial charge in [-0.1, -0.05) is 76.1 Å². The summed E-state index contributed by atoms with van der Waals surface area (Å²) in [6.45, 7) is 3.66. The van der Waals surface area contributed by atoms with Gasteiger partial charge in [0.05, 0.1) is 17.2 Å². The first-order valence-corrected chi connectivity index (χ1v) is 13.7. The maximum atomic E-state index is 13.6. The first kappa shape index (κ1) is 25.8. The van der Waals surface area contributed by atoms with E-state index in [0.717, 1.165) is 10.0 Å². The van der Waals surface area contributed by atoms with Crippen molar-refractivity contribution < 1.29 is 22.7 Å². The fraction of sp³-hybridized carbons (Fsp3) is 0.222. The molecule has 0 aromatic heterocycles. The lowest BCUT2D eigenvalue weighted by atomic mass is 9.79. The van der Waals surface area contributed by atoms with Gasteiger partial charge < -0.3 is 4.74 Å². The highest BCUT2D eigenvalue weighted by Crippen LogP contribution is 2.37. The quantitative estimate of drug-likeness (QED) is 0.388. The molecule has 0 bridgehead atoms. The number of sulfonamides is 1. The fourth-order valence-electron chi connectivity index (χ4n) is 4.19. The number of hydrogen-bond donors (Lipinski definition) is 0. The summed E-state index contributed by atoms with van der Waals surface area (Å²) in [6, 6.07) is 22.2. The van der Waals surface area contributed by atoms with E-state index < -0.39 is 33.7 Å². The van der Waals surface area contributed by atoms with Crippen molar-refractivity contribution in [3.05, 3.63) is 100 Å². The number of carbonyl (C=O) groups is 2. The summed E-state index contributed by atoms with van der Waals surface area (Å²) in [5.74, 6) is -3.02. The number of hydrogen-bond acceptors (Lipinski definition) is 6. The van der Waals surface area contributed by atoms with Crippen LogP contribution in [0.5, 0.6) is 0 Å². The Balaban J connectivity index is 1.95. The second-order valence-corrected chi connectivity index (χ2v) is 11.1. The normalized spacial score (nSPS) is 18.4. The van der Waals surface area contributed by atoms with Crippen LogP contribution in [0.4, 0.5) is 0 Å². The molecule has 0 saturated carbocycles. The molecule has 186 valence electrons. The Morgan fingerprint density at radius 2 is 1.75 bits per heavy atom. The molecule has 1 aliphatic heterocycles. The molecule has 1 aliphatic rings. The molecule has 1 amide bonds. The van der Waals surface area contributed by atoms with Crippen LogP contribution < -0.4 is 0 Å². The van der Waals surface area contributed by atoms with E-state index in [9.17, 15) is 18.0 Å². The van der Waals surface area contributed by atoms with Crippen molar-refractivity contribution in [3.63, 3.8) is 0 Å². The first-order valence-electron chi connectivity index (χ1n) is 11.4. The molecule has 7 nitrogen and oxygen atoms in total. The molecule has 1 heterocycles. The summed E-state index contributed by atoms with van der Waals surface area (Å²) >= 11 is 3.45. The Hall–Kier alpha value is -3.30. The third-order valence-electron chi connectivity index (χ3n) is 5.94. The summed E-state index contributed by atoms with van der Waals surface area (Å²) in [6.07, 6.45) is -0.259. The second kappa shape index (κ2) is 10.8. The van der Waals surface area contributed by atoms with Crippen LogP contribution in [0.1, 0.15) is 36.0 Å². The van der Waals surface area contributed by atoms with E-state index in [1.54, 1.807) is 55.5 Å². The molecule has 3 aromatic rings. The van der Waals surface area contributed by atoms with Crippen molar-refractivity contribution in [1.82, 2.24) is 4.41 Å². The molecule has 0 unspecified atom stereocenters. The van der Waals surface area contributed by atoms with E-state index in [4.69, 9.17) is 4.74 Å². The van der Waals surface area contributed by atoms with Crippen LogP contribution in [0.3, 0.4) is 0 Å². The number of halogens is 1. The van der Waals surface area contributed by atoms with Crippen LogP contribution in [0.25, 0.3) is 0 Å². The highest BCUT2D eigenvalue weighted by molar-refractivity contribution is 9.10. The van der Waals surface area contributed by atoms with Crippen LogP contribution >= 0.6 is 15.9 Å². The summed E-state index contributed by atoms with van der Waals surface area (Å²) in [5.41, 5.74) is 2.24. The molecule has 4 rings (SSSR count). The summed E-state index contributed by atoms with van der Waals surface area (Å²) in [7, 11) is -4.33. The van der Waals surface area contributed by atoms with E-state index >= 15 is 0 Å². The maximum Gasteiger partial charge on any atom is 0.315 e. The largest absolute Gasteiger partial charge is 0.465 e. The van der Waals surface area contributed by atoms with Gasteiger partial charge in [0.25, 0.3) is 15.9 Å². The van der Waals surface area contributed by atoms with Crippen LogP contribution in [-0.4, -0.2) is 37.0 Å². The van der Waals surface area contributed by atoms with Crippen LogP contribution in [-0.2, 0) is 24.3 Å². The van der Waals surface area contributed by atoms with Crippen molar-refractivity contribution in [1.29, 1.82) is 0 Å². The number of rotatable bonds is 6. The van der Waals surface area contributed by atoms with Crippen molar-refractivity contribution in [2.24, 2.45) is 11.0 Å². The Bertz CT molecular complexity index is 1410. The average molecular weight is 569 g/mol. The molecule has 0 spiro atoms. The van der Waals surface area contributed by atoms with Crippen LogP contribution in [0, 0.1) is 12.8 Å². The molecule has 0 N–H and O–H groups in total. The minimum absolute atomic E-state index is 0.0637. The second-order valence-electron chi connectivity index (χ2n) is 8.40. The smallest absolute Gasteiger partial charge is 0.315 e. The Kier molecular flexibility index (Phi) is 7.70. The predicted octanol–water partition coefficient (Wildman–Crippen LogP) is 5.05. The van der Waals surface area contributed by atoms with E-state index in [1.807, 2.05) is 25.1 Å². The number of nitrogens with zero attached hydrogens (tertiary/aromatic N) is 2. The highest BCUT2D eigenvalue weighted by atomic mass is 79.9. The SMILES string of the molecule is CCOC(=O)[C@H]1C(c2ccccc2)=NN(S(=O)(=O)c2ccc(C)cc2)C(=O)C[C@@H]1c1cccc(Br)c1. The molecule has 3 aromatic carbocycles.